The van der Waals surface area contributed by atoms with Gasteiger partial charge in [0.15, 0.2) is 5.96 Å². The predicted molar refractivity (Wildman–Crippen MR) is 123 cm³/mol. The van der Waals surface area contributed by atoms with Crippen molar-refractivity contribution in [1.29, 1.82) is 0 Å². The number of ether oxygens (including phenoxy) is 2. The lowest BCUT2D eigenvalue weighted by Crippen LogP contribution is -2.52. The Morgan fingerprint density at radius 2 is 1.94 bits per heavy atom. The number of furan rings is 1. The molecule has 1 amide bonds. The van der Waals surface area contributed by atoms with Gasteiger partial charge in [-0.05, 0) is 37.3 Å². The number of nitrogens with zero attached hydrogens (tertiary/aromatic N) is 3. The topological polar surface area (TPSA) is 91.6 Å². The Hall–Kier alpha value is -3.20. The number of benzene rings is 1. The summed E-state index contributed by atoms with van der Waals surface area (Å²) in [5.41, 5.74) is 1.11. The molecule has 2 aromatic rings. The average molecular weight is 444 g/mol. The van der Waals surface area contributed by atoms with Gasteiger partial charge in [-0.3, -0.25) is 9.69 Å². The first-order chi connectivity index (χ1) is 15.6. The van der Waals surface area contributed by atoms with Gasteiger partial charge < -0.3 is 29.4 Å². The molecule has 0 unspecified atom stereocenters. The van der Waals surface area contributed by atoms with Crippen LogP contribution in [0.4, 0.5) is 0 Å². The van der Waals surface area contributed by atoms with Crippen molar-refractivity contribution in [2.75, 3.05) is 53.5 Å². The molecule has 1 aromatic heterocycles. The number of carbonyl (C=O) groups excluding carboxylic acids is 1. The van der Waals surface area contributed by atoms with E-state index < -0.39 is 0 Å². The maximum Gasteiger partial charge on any atom is 0.242 e. The molecule has 1 aliphatic rings. The van der Waals surface area contributed by atoms with Crippen LogP contribution in [-0.4, -0.2) is 75.2 Å². The molecule has 2 N–H and O–H groups in total. The number of nitrogens with one attached hydrogen (secondary N) is 2. The summed E-state index contributed by atoms with van der Waals surface area (Å²) in [6.45, 7) is 7.42. The molecule has 0 aliphatic carbocycles. The van der Waals surface area contributed by atoms with Crippen LogP contribution in [0.3, 0.4) is 0 Å². The van der Waals surface area contributed by atoms with Gasteiger partial charge in [0.1, 0.15) is 23.8 Å². The first-order valence-electron chi connectivity index (χ1n) is 10.9. The standard InChI is InChI=1S/C23H33N5O4/c1-4-24-23(26-16-22(29)25-15-20-6-5-13-32-20)28-11-9-27(10-12-28)17-18-14-19(30-2)7-8-21(18)31-3/h5-8,13-14H,4,9-12,15-17H2,1-3H3,(H,24,26)(H,25,29). The van der Waals surface area contributed by atoms with Gasteiger partial charge in [-0.15, -0.1) is 0 Å². The molecule has 1 saturated heterocycles. The lowest BCUT2D eigenvalue weighted by Gasteiger charge is -2.36. The highest BCUT2D eigenvalue weighted by Gasteiger charge is 2.21. The molecule has 1 aliphatic heterocycles. The van der Waals surface area contributed by atoms with Crippen LogP contribution in [0.15, 0.2) is 46.0 Å². The van der Waals surface area contributed by atoms with Crippen molar-refractivity contribution >= 4 is 11.9 Å². The van der Waals surface area contributed by atoms with E-state index in [1.54, 1.807) is 26.5 Å². The Labute approximate surface area is 189 Å². The quantitative estimate of drug-likeness (QED) is 0.450. The smallest absolute Gasteiger partial charge is 0.242 e. The maximum absolute atomic E-state index is 12.2. The summed E-state index contributed by atoms with van der Waals surface area (Å²) in [7, 11) is 3.36. The molecule has 0 atom stereocenters. The Balaban J connectivity index is 1.52. The monoisotopic (exact) mass is 443 g/mol. The second kappa shape index (κ2) is 12.0. The van der Waals surface area contributed by atoms with E-state index in [0.29, 0.717) is 6.54 Å². The van der Waals surface area contributed by atoms with E-state index in [1.807, 2.05) is 31.2 Å². The fourth-order valence-corrected chi connectivity index (χ4v) is 3.59. The van der Waals surface area contributed by atoms with Gasteiger partial charge in [0.25, 0.3) is 0 Å². The number of amides is 1. The largest absolute Gasteiger partial charge is 0.497 e. The third kappa shape index (κ3) is 6.65. The Morgan fingerprint density at radius 1 is 1.12 bits per heavy atom. The molecule has 174 valence electrons. The van der Waals surface area contributed by atoms with Crippen LogP contribution in [0.1, 0.15) is 18.2 Å². The number of guanidine groups is 1. The molecule has 9 heteroatoms. The van der Waals surface area contributed by atoms with E-state index in [4.69, 9.17) is 13.9 Å². The summed E-state index contributed by atoms with van der Waals surface area (Å²) in [4.78, 5) is 21.3. The molecule has 3 rings (SSSR count). The highest BCUT2D eigenvalue weighted by atomic mass is 16.5. The number of hydrogen-bond acceptors (Lipinski definition) is 6. The van der Waals surface area contributed by atoms with Crippen LogP contribution in [0.5, 0.6) is 11.5 Å². The normalized spacial score (nSPS) is 14.8. The molecule has 1 fully saturated rings. The van der Waals surface area contributed by atoms with Gasteiger partial charge in [-0.2, -0.15) is 0 Å². The lowest BCUT2D eigenvalue weighted by atomic mass is 10.1. The van der Waals surface area contributed by atoms with E-state index in [2.05, 4.69) is 25.4 Å². The number of hydrogen-bond donors (Lipinski definition) is 2. The molecular weight excluding hydrogens is 410 g/mol. The van der Waals surface area contributed by atoms with Gasteiger partial charge >= 0.3 is 0 Å². The minimum atomic E-state index is -0.138. The summed E-state index contributed by atoms with van der Waals surface area (Å²) in [6, 6.07) is 9.50. The minimum Gasteiger partial charge on any atom is -0.497 e. The predicted octanol–water partition coefficient (Wildman–Crippen LogP) is 1.70. The Bertz CT molecular complexity index is 877. The molecule has 0 saturated carbocycles. The van der Waals surface area contributed by atoms with Gasteiger partial charge in [0.05, 0.1) is 27.0 Å². The lowest BCUT2D eigenvalue weighted by molar-refractivity contribution is -0.119. The van der Waals surface area contributed by atoms with Crippen molar-refractivity contribution in [1.82, 2.24) is 20.4 Å². The van der Waals surface area contributed by atoms with E-state index in [9.17, 15) is 4.79 Å². The number of carbonyl (C=O) groups is 1. The van der Waals surface area contributed by atoms with E-state index in [0.717, 1.165) is 68.1 Å². The SMILES string of the molecule is CCNC(=NCC(=O)NCc1ccco1)N1CCN(Cc2cc(OC)ccc2OC)CC1. The number of piperazine rings is 1. The fraction of sp³-hybridized carbons (Fsp3) is 0.478. The van der Waals surface area contributed by atoms with Gasteiger partial charge in [0, 0.05) is 44.8 Å². The number of aliphatic imine (C=N–C) groups is 1. The van der Waals surface area contributed by atoms with E-state index in [-0.39, 0.29) is 12.5 Å². The van der Waals surface area contributed by atoms with Crippen molar-refractivity contribution in [3.05, 3.63) is 47.9 Å². The fourth-order valence-electron chi connectivity index (χ4n) is 3.59. The van der Waals surface area contributed by atoms with Crippen molar-refractivity contribution in [2.45, 2.75) is 20.0 Å². The molecule has 9 nitrogen and oxygen atoms in total. The maximum atomic E-state index is 12.2. The molecule has 32 heavy (non-hydrogen) atoms. The van der Waals surface area contributed by atoms with Crippen molar-refractivity contribution < 1.29 is 18.7 Å². The van der Waals surface area contributed by atoms with Crippen LogP contribution >= 0.6 is 0 Å². The van der Waals surface area contributed by atoms with Crippen LogP contribution < -0.4 is 20.1 Å². The van der Waals surface area contributed by atoms with Crippen molar-refractivity contribution in [3.8, 4) is 11.5 Å². The van der Waals surface area contributed by atoms with Crippen LogP contribution in [-0.2, 0) is 17.9 Å². The van der Waals surface area contributed by atoms with Gasteiger partial charge in [0.2, 0.25) is 5.91 Å². The van der Waals surface area contributed by atoms with Crippen LogP contribution in [0.2, 0.25) is 0 Å². The van der Waals surface area contributed by atoms with Crippen LogP contribution in [0, 0.1) is 0 Å². The summed E-state index contributed by atoms with van der Waals surface area (Å²) in [6.07, 6.45) is 1.59. The highest BCUT2D eigenvalue weighted by molar-refractivity contribution is 5.85. The number of rotatable bonds is 9. The highest BCUT2D eigenvalue weighted by Crippen LogP contribution is 2.25. The van der Waals surface area contributed by atoms with E-state index in [1.165, 1.54) is 0 Å². The average Bonchev–Trinajstić information content (AvgIpc) is 3.34. The van der Waals surface area contributed by atoms with Gasteiger partial charge in [-0.25, -0.2) is 4.99 Å². The third-order valence-electron chi connectivity index (χ3n) is 5.30. The van der Waals surface area contributed by atoms with Crippen molar-refractivity contribution in [2.24, 2.45) is 4.99 Å². The first kappa shape index (κ1) is 23.5. The zero-order valence-electron chi connectivity index (χ0n) is 19.1. The molecule has 1 aromatic carbocycles. The minimum absolute atomic E-state index is 0.0737. The first-order valence-corrected chi connectivity index (χ1v) is 10.9. The molecule has 0 bridgehead atoms. The third-order valence-corrected chi connectivity index (χ3v) is 5.30. The van der Waals surface area contributed by atoms with Crippen LogP contribution in [0.25, 0.3) is 0 Å². The summed E-state index contributed by atoms with van der Waals surface area (Å²) in [5, 5.41) is 6.12. The summed E-state index contributed by atoms with van der Waals surface area (Å²) >= 11 is 0. The molecular formula is C23H33N5O4. The Kier molecular flexibility index (Phi) is 8.79. The second-order valence-electron chi connectivity index (χ2n) is 7.47. The molecule has 0 radical (unpaired) electrons. The van der Waals surface area contributed by atoms with Gasteiger partial charge in [-0.1, -0.05) is 0 Å². The zero-order valence-corrected chi connectivity index (χ0v) is 19.1. The summed E-state index contributed by atoms with van der Waals surface area (Å²) in [5.74, 6) is 3.04. The second-order valence-corrected chi connectivity index (χ2v) is 7.47. The Morgan fingerprint density at radius 3 is 2.59 bits per heavy atom. The summed E-state index contributed by atoms with van der Waals surface area (Å²) < 4.78 is 16.1. The zero-order chi connectivity index (χ0) is 22.8. The molecule has 2 heterocycles. The van der Waals surface area contributed by atoms with Crippen molar-refractivity contribution in [3.63, 3.8) is 0 Å². The molecule has 0 spiro atoms. The number of methoxy groups -OCH3 is 2. The van der Waals surface area contributed by atoms with E-state index >= 15 is 0 Å².